The van der Waals surface area contributed by atoms with Gasteiger partial charge in [0, 0.05) is 68.8 Å². The summed E-state index contributed by atoms with van der Waals surface area (Å²) < 4.78 is 4.93. The molecule has 0 aliphatic heterocycles. The molecule has 5 heteroatoms. The molecule has 5 aromatic heterocycles. The van der Waals surface area contributed by atoms with Crippen molar-refractivity contribution in [1.29, 1.82) is 0 Å². The fourth-order valence-corrected chi connectivity index (χ4v) is 10.9. The molecular formula is C69H45N5. The second-order valence-electron chi connectivity index (χ2n) is 18.9. The molecule has 0 saturated carbocycles. The minimum atomic E-state index is 0.862. The van der Waals surface area contributed by atoms with Gasteiger partial charge in [-0.25, -0.2) is 4.98 Å². The first kappa shape index (κ1) is 42.9. The maximum absolute atomic E-state index is 5.27. The van der Waals surface area contributed by atoms with Crippen molar-refractivity contribution in [3.05, 3.63) is 274 Å². The fraction of sp³-hybridized carbons (Fsp3) is 0. The van der Waals surface area contributed by atoms with Crippen LogP contribution in [0.4, 0.5) is 0 Å². The Hall–Kier alpha value is -9.97. The van der Waals surface area contributed by atoms with Gasteiger partial charge in [-0.2, -0.15) is 0 Å². The lowest BCUT2D eigenvalue weighted by atomic mass is 9.99. The van der Waals surface area contributed by atoms with Crippen LogP contribution in [-0.2, 0) is 0 Å². The van der Waals surface area contributed by atoms with E-state index in [9.17, 15) is 0 Å². The third-order valence-electron chi connectivity index (χ3n) is 14.5. The van der Waals surface area contributed by atoms with Crippen molar-refractivity contribution in [3.63, 3.8) is 0 Å². The van der Waals surface area contributed by atoms with Crippen molar-refractivity contribution < 1.29 is 0 Å². The minimum Gasteiger partial charge on any atom is -0.309 e. The van der Waals surface area contributed by atoms with Crippen molar-refractivity contribution in [2.24, 2.45) is 0 Å². The van der Waals surface area contributed by atoms with E-state index in [4.69, 9.17) is 4.98 Å². The predicted molar refractivity (Wildman–Crippen MR) is 307 cm³/mol. The molecule has 0 aliphatic rings. The predicted octanol–water partition coefficient (Wildman–Crippen LogP) is 17.7. The molecule has 0 bridgehead atoms. The summed E-state index contributed by atoms with van der Waals surface area (Å²) in [5.74, 6) is 0. The van der Waals surface area contributed by atoms with Gasteiger partial charge >= 0.3 is 0 Å². The van der Waals surface area contributed by atoms with Gasteiger partial charge in [0.2, 0.25) is 0 Å². The highest BCUT2D eigenvalue weighted by molar-refractivity contribution is 6.13. The Morgan fingerprint density at radius 1 is 0.216 bits per heavy atom. The summed E-state index contributed by atoms with van der Waals surface area (Å²) in [4.78, 5) is 14.0. The lowest BCUT2D eigenvalue weighted by Crippen LogP contribution is -2.01. The molecule has 5 heterocycles. The number of fused-ring (bicyclic) bond motifs is 6. The third-order valence-corrected chi connectivity index (χ3v) is 14.5. The van der Waals surface area contributed by atoms with Gasteiger partial charge in [-0.3, -0.25) is 9.97 Å². The maximum atomic E-state index is 5.27. The second-order valence-corrected chi connectivity index (χ2v) is 18.9. The molecule has 14 aromatic rings. The van der Waals surface area contributed by atoms with Gasteiger partial charge in [-0.15, -0.1) is 0 Å². The number of hydrogen-bond acceptors (Lipinski definition) is 3. The van der Waals surface area contributed by atoms with E-state index < -0.39 is 0 Å². The molecule has 346 valence electrons. The largest absolute Gasteiger partial charge is 0.309 e. The molecule has 0 saturated heterocycles. The van der Waals surface area contributed by atoms with E-state index in [1.807, 2.05) is 49.1 Å². The summed E-state index contributed by atoms with van der Waals surface area (Å²) >= 11 is 0. The topological polar surface area (TPSA) is 48.5 Å². The van der Waals surface area contributed by atoms with Crippen LogP contribution in [0.3, 0.4) is 0 Å². The molecule has 14 rings (SSSR count). The highest BCUT2D eigenvalue weighted by Crippen LogP contribution is 2.42. The summed E-state index contributed by atoms with van der Waals surface area (Å²) in [5, 5.41) is 4.75. The van der Waals surface area contributed by atoms with E-state index in [0.717, 1.165) is 67.1 Å². The molecule has 0 aliphatic carbocycles. The van der Waals surface area contributed by atoms with Crippen molar-refractivity contribution in [3.8, 4) is 89.5 Å². The van der Waals surface area contributed by atoms with Gasteiger partial charge in [0.25, 0.3) is 0 Å². The van der Waals surface area contributed by atoms with Crippen LogP contribution in [0, 0.1) is 0 Å². The Bertz CT molecular complexity index is 3910. The van der Waals surface area contributed by atoms with Crippen LogP contribution in [0.1, 0.15) is 0 Å². The minimum absolute atomic E-state index is 0.862. The first-order valence-corrected chi connectivity index (χ1v) is 25.0. The van der Waals surface area contributed by atoms with Crippen LogP contribution in [0.15, 0.2) is 274 Å². The Balaban J connectivity index is 1.07. The molecule has 0 amide bonds. The van der Waals surface area contributed by atoms with Crippen LogP contribution < -0.4 is 0 Å². The second kappa shape index (κ2) is 18.0. The fourth-order valence-electron chi connectivity index (χ4n) is 10.9. The van der Waals surface area contributed by atoms with Crippen LogP contribution in [0.5, 0.6) is 0 Å². The summed E-state index contributed by atoms with van der Waals surface area (Å²) in [5.41, 5.74) is 21.8. The zero-order chi connectivity index (χ0) is 49.0. The smallest absolute Gasteiger partial charge is 0.0716 e. The number of rotatable bonds is 9. The van der Waals surface area contributed by atoms with Gasteiger partial charge in [0.05, 0.1) is 33.5 Å². The molecule has 0 atom stereocenters. The van der Waals surface area contributed by atoms with E-state index in [-0.39, 0.29) is 0 Å². The summed E-state index contributed by atoms with van der Waals surface area (Å²) in [6, 6.07) is 90.2. The zero-order valence-electron chi connectivity index (χ0n) is 40.2. The molecule has 9 aromatic carbocycles. The maximum Gasteiger partial charge on any atom is 0.0716 e. The van der Waals surface area contributed by atoms with E-state index in [2.05, 4.69) is 244 Å². The Morgan fingerprint density at radius 3 is 0.824 bits per heavy atom. The van der Waals surface area contributed by atoms with Gasteiger partial charge in [-0.1, -0.05) is 146 Å². The average Bonchev–Trinajstić information content (AvgIpc) is 4.02. The molecule has 0 spiro atoms. The van der Waals surface area contributed by atoms with E-state index >= 15 is 0 Å². The first-order valence-electron chi connectivity index (χ1n) is 25.0. The lowest BCUT2D eigenvalue weighted by Gasteiger charge is -2.17. The van der Waals surface area contributed by atoms with Crippen molar-refractivity contribution in [2.75, 3.05) is 0 Å². The Morgan fingerprint density at radius 2 is 0.514 bits per heavy atom. The van der Waals surface area contributed by atoms with Crippen LogP contribution in [0.25, 0.3) is 133 Å². The quantitative estimate of drug-likeness (QED) is 0.145. The molecule has 0 unspecified atom stereocenters. The Kier molecular flexibility index (Phi) is 10.4. The number of hydrogen-bond donors (Lipinski definition) is 0. The summed E-state index contributed by atoms with van der Waals surface area (Å²) in [7, 11) is 0. The van der Waals surface area contributed by atoms with Crippen molar-refractivity contribution in [1.82, 2.24) is 24.1 Å². The highest BCUT2D eigenvalue weighted by Gasteiger charge is 2.21. The van der Waals surface area contributed by atoms with Crippen molar-refractivity contribution >= 4 is 43.6 Å². The number of aromatic nitrogens is 5. The number of nitrogens with zero attached hydrogens (tertiary/aromatic N) is 5. The standard InChI is InChI=1S/C69H45N5/c1-5-13-46(14-6-1)52-21-25-66-60(39-52)61-40-53(47-15-7-2-8-16-47)22-26-67(61)73(66)58-37-56(57-43-64(50-29-33-70-34-30-50)72-65(44-57)51-31-35-71-36-32-51)38-59(45-58)74-68-27-23-54(48-17-9-3-10-18-48)41-62(68)63-42-55(24-28-69(63)74)49-19-11-4-12-20-49/h1-45H. The Labute approximate surface area is 428 Å². The van der Waals surface area contributed by atoms with E-state index in [1.54, 1.807) is 0 Å². The SMILES string of the molecule is c1ccc(-c2ccc3c(c2)c2cc(-c4ccccc4)ccc2n3-c2cc(-c3cc(-c4ccncc4)nc(-c4ccncc4)c3)cc(-n3c4ccc(-c5ccccc5)cc4c4cc(-c5ccccc5)ccc43)c2)cc1. The normalized spacial score (nSPS) is 11.5. The molecular weight excluding hydrogens is 899 g/mol. The average molecular weight is 944 g/mol. The molecule has 0 radical (unpaired) electrons. The number of benzene rings is 9. The van der Waals surface area contributed by atoms with Crippen LogP contribution in [0.2, 0.25) is 0 Å². The van der Waals surface area contributed by atoms with E-state index in [1.165, 1.54) is 66.1 Å². The summed E-state index contributed by atoms with van der Waals surface area (Å²) in [6.07, 6.45) is 7.32. The van der Waals surface area contributed by atoms with Gasteiger partial charge in [0.1, 0.15) is 0 Å². The monoisotopic (exact) mass is 943 g/mol. The molecule has 74 heavy (non-hydrogen) atoms. The van der Waals surface area contributed by atoms with Crippen LogP contribution in [-0.4, -0.2) is 24.1 Å². The van der Waals surface area contributed by atoms with Gasteiger partial charge in [0.15, 0.2) is 0 Å². The van der Waals surface area contributed by atoms with Crippen LogP contribution >= 0.6 is 0 Å². The molecule has 0 N–H and O–H groups in total. The zero-order valence-corrected chi connectivity index (χ0v) is 40.2. The van der Waals surface area contributed by atoms with Crippen molar-refractivity contribution in [2.45, 2.75) is 0 Å². The van der Waals surface area contributed by atoms with Gasteiger partial charge in [-0.05, 0) is 159 Å². The molecule has 0 fully saturated rings. The number of pyridine rings is 3. The van der Waals surface area contributed by atoms with E-state index in [0.29, 0.717) is 0 Å². The third kappa shape index (κ3) is 7.63. The highest BCUT2D eigenvalue weighted by atomic mass is 15.0. The van der Waals surface area contributed by atoms with Gasteiger partial charge < -0.3 is 9.13 Å². The summed E-state index contributed by atoms with van der Waals surface area (Å²) in [6.45, 7) is 0. The molecule has 5 nitrogen and oxygen atoms in total. The lowest BCUT2D eigenvalue weighted by molar-refractivity contribution is 1.13. The first-order chi connectivity index (χ1) is 36.7.